The van der Waals surface area contributed by atoms with Crippen molar-refractivity contribution in [3.05, 3.63) is 56.2 Å². The van der Waals surface area contributed by atoms with E-state index in [0.29, 0.717) is 41.6 Å². The Hall–Kier alpha value is -4.31. The zero-order valence-corrected chi connectivity index (χ0v) is 24.4. The molecule has 1 aromatic heterocycles. The molecule has 1 saturated heterocycles. The molecular weight excluding hydrogens is 577 g/mol. The van der Waals surface area contributed by atoms with Gasteiger partial charge < -0.3 is 24.5 Å². The predicted molar refractivity (Wildman–Crippen MR) is 149 cm³/mol. The molecule has 2 aliphatic heterocycles. The second kappa shape index (κ2) is 12.5. The van der Waals surface area contributed by atoms with Crippen molar-refractivity contribution in [3.8, 4) is 11.5 Å². The number of hydroxylamine groups is 1. The van der Waals surface area contributed by atoms with E-state index in [0.717, 1.165) is 10.1 Å². The first-order chi connectivity index (χ1) is 20.3. The maximum atomic E-state index is 14.0. The van der Waals surface area contributed by atoms with E-state index >= 15 is 0 Å². The topological polar surface area (TPSA) is 128 Å². The van der Waals surface area contributed by atoms with Gasteiger partial charge in [0.15, 0.2) is 23.6 Å². The van der Waals surface area contributed by atoms with Gasteiger partial charge in [-0.2, -0.15) is 13.2 Å². The minimum absolute atomic E-state index is 0.0255. The Morgan fingerprint density at radius 1 is 1.09 bits per heavy atom. The number of Topliss-reactive ketones (excluding diaryl/α,β-unsaturated/α-hetero) is 1. The lowest BCUT2D eigenvalue weighted by Crippen LogP contribution is -2.61. The molecule has 0 bridgehead atoms. The first kappa shape index (κ1) is 31.6. The van der Waals surface area contributed by atoms with Gasteiger partial charge in [-0.25, -0.2) is 9.59 Å². The summed E-state index contributed by atoms with van der Waals surface area (Å²) >= 11 is 0. The van der Waals surface area contributed by atoms with E-state index in [9.17, 15) is 32.3 Å². The van der Waals surface area contributed by atoms with Crippen molar-refractivity contribution in [1.29, 1.82) is 0 Å². The number of rotatable bonds is 9. The number of carbonyl (C=O) groups is 2. The molecule has 0 radical (unpaired) electrons. The molecule has 3 heterocycles. The highest BCUT2D eigenvalue weighted by Crippen LogP contribution is 2.38. The number of nitrogens with zero attached hydrogens (tertiary/aromatic N) is 5. The fourth-order valence-corrected chi connectivity index (χ4v) is 4.95. The Morgan fingerprint density at radius 3 is 2.35 bits per heavy atom. The van der Waals surface area contributed by atoms with Gasteiger partial charge in [0.2, 0.25) is 0 Å². The molecule has 0 spiro atoms. The van der Waals surface area contributed by atoms with Crippen LogP contribution >= 0.6 is 0 Å². The van der Waals surface area contributed by atoms with Crippen LogP contribution < -0.4 is 36.0 Å². The number of ether oxygens (including phenoxy) is 2. The van der Waals surface area contributed by atoms with Gasteiger partial charge in [0.05, 0.1) is 26.3 Å². The van der Waals surface area contributed by atoms with Crippen LogP contribution in [0.1, 0.15) is 24.2 Å². The summed E-state index contributed by atoms with van der Waals surface area (Å²) in [5.41, 5.74) is -1.21. The third-order valence-electron chi connectivity index (χ3n) is 7.08. The van der Waals surface area contributed by atoms with Crippen molar-refractivity contribution in [2.24, 2.45) is 7.05 Å². The zero-order valence-electron chi connectivity index (χ0n) is 24.4. The number of halogens is 3. The first-order valence-corrected chi connectivity index (χ1v) is 13.3. The van der Waals surface area contributed by atoms with Crippen LogP contribution in [0.15, 0.2) is 39.4 Å². The Bertz CT molecular complexity index is 1540. The predicted octanol–water partition coefficient (Wildman–Crippen LogP) is 1.25. The number of nitrogens with one attached hydrogen (secondary N) is 1. The Labute approximate surface area is 244 Å². The maximum absolute atomic E-state index is 14.0. The largest absolute Gasteiger partial charge is 0.497 e. The summed E-state index contributed by atoms with van der Waals surface area (Å²) in [5, 5.41) is 3.81. The SMILES string of the molecule is COc1ccc(C(=O)Cn2c(=O)c3c(n(C)c2=O)N(OC(=O)C(F)(F)F)C(N2CCNCC2)N3CC=C(C)C)c(OC)c1. The lowest BCUT2D eigenvalue weighted by Gasteiger charge is -2.40. The summed E-state index contributed by atoms with van der Waals surface area (Å²) in [4.78, 5) is 61.1. The number of methoxy groups -OCH3 is 2. The number of alkyl halides is 3. The number of piperazine rings is 1. The number of hydrogen-bond donors (Lipinski definition) is 1. The fourth-order valence-electron chi connectivity index (χ4n) is 4.95. The van der Waals surface area contributed by atoms with Crippen molar-refractivity contribution in [3.63, 3.8) is 0 Å². The molecule has 43 heavy (non-hydrogen) atoms. The molecule has 0 amide bonds. The van der Waals surface area contributed by atoms with Crippen molar-refractivity contribution in [1.82, 2.24) is 19.4 Å². The maximum Gasteiger partial charge on any atom is 0.493 e. The third-order valence-corrected chi connectivity index (χ3v) is 7.08. The average molecular weight is 611 g/mol. The Balaban J connectivity index is 1.89. The monoisotopic (exact) mass is 610 g/mol. The lowest BCUT2D eigenvalue weighted by atomic mass is 10.1. The second-order valence-electron chi connectivity index (χ2n) is 10.2. The highest BCUT2D eigenvalue weighted by atomic mass is 19.4. The number of hydrogen-bond acceptors (Lipinski definition) is 11. The minimum Gasteiger partial charge on any atom is -0.497 e. The average Bonchev–Trinajstić information content (AvgIpc) is 3.30. The highest BCUT2D eigenvalue weighted by molar-refractivity contribution is 5.98. The summed E-state index contributed by atoms with van der Waals surface area (Å²) < 4.78 is 52.2. The number of aromatic nitrogens is 2. The molecule has 1 N–H and O–H groups in total. The Kier molecular flexibility index (Phi) is 9.20. The molecule has 1 fully saturated rings. The number of benzene rings is 1. The number of anilines is 2. The number of allylic oxidation sites excluding steroid dienone is 1. The molecule has 0 aliphatic carbocycles. The Morgan fingerprint density at radius 2 is 1.77 bits per heavy atom. The summed E-state index contributed by atoms with van der Waals surface area (Å²) in [5.74, 6) is -2.91. The van der Waals surface area contributed by atoms with Crippen LogP contribution in [-0.2, 0) is 23.2 Å². The van der Waals surface area contributed by atoms with Crippen molar-refractivity contribution >= 4 is 23.3 Å². The lowest BCUT2D eigenvalue weighted by molar-refractivity contribution is -0.203. The smallest absolute Gasteiger partial charge is 0.493 e. The number of fused-ring (bicyclic) bond motifs is 1. The van der Waals surface area contributed by atoms with Crippen LogP contribution in [-0.4, -0.2) is 85.2 Å². The van der Waals surface area contributed by atoms with Crippen LogP contribution in [0.5, 0.6) is 11.5 Å². The van der Waals surface area contributed by atoms with E-state index < -0.39 is 42.0 Å². The van der Waals surface area contributed by atoms with Gasteiger partial charge in [0.25, 0.3) is 5.56 Å². The zero-order chi connectivity index (χ0) is 31.6. The quantitative estimate of drug-likeness (QED) is 0.326. The fraction of sp³-hybridized carbons (Fsp3) is 0.481. The molecule has 16 heteroatoms. The summed E-state index contributed by atoms with van der Waals surface area (Å²) in [7, 11) is 4.01. The summed E-state index contributed by atoms with van der Waals surface area (Å²) in [6.07, 6.45) is -4.79. The standard InChI is InChI=1S/C27H33F3N6O7/c1-16(2)8-11-34-21-22(36(43-24(39)27(28,29)30)25(34)33-12-9-31-10-13-33)32(3)26(40)35(23(21)38)15-19(37)18-7-6-17(41-4)14-20(18)42-5/h6-8,14,25,31H,9-13,15H2,1-5H3. The van der Waals surface area contributed by atoms with Crippen molar-refractivity contribution in [2.45, 2.75) is 32.9 Å². The number of carbonyl (C=O) groups excluding carboxylic acids is 2. The van der Waals surface area contributed by atoms with E-state index in [1.165, 1.54) is 44.4 Å². The van der Waals surface area contributed by atoms with Crippen LogP contribution in [0.2, 0.25) is 0 Å². The molecule has 1 aromatic carbocycles. The van der Waals surface area contributed by atoms with E-state index in [2.05, 4.69) is 5.32 Å². The third kappa shape index (κ3) is 6.24. The van der Waals surface area contributed by atoms with Crippen LogP contribution in [0, 0.1) is 0 Å². The van der Waals surface area contributed by atoms with E-state index in [-0.39, 0.29) is 29.4 Å². The molecule has 1 unspecified atom stereocenters. The van der Waals surface area contributed by atoms with Gasteiger partial charge in [-0.05, 0) is 26.0 Å². The van der Waals surface area contributed by atoms with Gasteiger partial charge in [-0.3, -0.25) is 23.6 Å². The van der Waals surface area contributed by atoms with E-state index in [1.807, 2.05) is 0 Å². The van der Waals surface area contributed by atoms with Crippen LogP contribution in [0.25, 0.3) is 0 Å². The molecule has 2 aromatic rings. The van der Waals surface area contributed by atoms with E-state index in [1.54, 1.807) is 24.8 Å². The van der Waals surface area contributed by atoms with Gasteiger partial charge in [-0.15, -0.1) is 5.06 Å². The molecule has 2 aliphatic rings. The van der Waals surface area contributed by atoms with Gasteiger partial charge in [-0.1, -0.05) is 11.6 Å². The molecule has 1 atom stereocenters. The van der Waals surface area contributed by atoms with Crippen molar-refractivity contribution in [2.75, 3.05) is 56.9 Å². The normalized spacial score (nSPS) is 17.0. The highest BCUT2D eigenvalue weighted by Gasteiger charge is 2.50. The molecule has 13 nitrogen and oxygen atoms in total. The van der Waals surface area contributed by atoms with Gasteiger partial charge >= 0.3 is 17.8 Å². The van der Waals surface area contributed by atoms with Crippen LogP contribution in [0.3, 0.4) is 0 Å². The molecular formula is C27H33F3N6O7. The summed E-state index contributed by atoms with van der Waals surface area (Å²) in [6, 6.07) is 4.43. The van der Waals surface area contributed by atoms with Gasteiger partial charge in [0, 0.05) is 45.8 Å². The summed E-state index contributed by atoms with van der Waals surface area (Å²) in [6.45, 7) is 4.56. The van der Waals surface area contributed by atoms with Crippen LogP contribution in [0.4, 0.5) is 24.7 Å². The minimum atomic E-state index is -5.35. The number of ketones is 1. The second-order valence-corrected chi connectivity index (χ2v) is 10.2. The molecule has 4 rings (SSSR count). The van der Waals surface area contributed by atoms with Gasteiger partial charge in [0.1, 0.15) is 11.5 Å². The first-order valence-electron chi connectivity index (χ1n) is 13.3. The van der Waals surface area contributed by atoms with E-state index in [4.69, 9.17) is 14.3 Å². The molecule has 0 saturated carbocycles. The molecule has 234 valence electrons. The van der Waals surface area contributed by atoms with Crippen molar-refractivity contribution < 1.29 is 37.1 Å².